The highest BCUT2D eigenvalue weighted by Crippen LogP contribution is 2.10. The lowest BCUT2D eigenvalue weighted by molar-refractivity contribution is 0.513. The Labute approximate surface area is 77.2 Å². The van der Waals surface area contributed by atoms with E-state index in [4.69, 9.17) is 5.73 Å². The molecule has 0 aromatic rings. The van der Waals surface area contributed by atoms with Crippen LogP contribution in [0.3, 0.4) is 0 Å². The molecule has 0 rings (SSSR count). The largest absolute Gasteiger partial charge is 0.394 e. The van der Waals surface area contributed by atoms with Gasteiger partial charge in [0.05, 0.1) is 0 Å². The number of hydrogen-bond acceptors (Lipinski definition) is 2. The minimum Gasteiger partial charge on any atom is -0.394 e. The van der Waals surface area contributed by atoms with E-state index < -0.39 is 0 Å². The molecule has 0 atom stereocenters. The molecular formula is C10H24N2. The van der Waals surface area contributed by atoms with Crippen LogP contribution in [0, 0.1) is 0 Å². The maximum Gasteiger partial charge on any atom is 0.0135 e. The van der Waals surface area contributed by atoms with Crippen molar-refractivity contribution < 1.29 is 0 Å². The Hall–Kier alpha value is -0.500. The summed E-state index contributed by atoms with van der Waals surface area (Å²) >= 11 is 0. The van der Waals surface area contributed by atoms with E-state index in [9.17, 15) is 0 Å². The summed E-state index contributed by atoms with van der Waals surface area (Å²) in [6.07, 6.45) is 2.92. The summed E-state index contributed by atoms with van der Waals surface area (Å²) in [7, 11) is 1.90. The summed E-state index contributed by atoms with van der Waals surface area (Å²) in [5.74, 6) is 0. The molecule has 0 spiro atoms. The Morgan fingerprint density at radius 2 is 1.83 bits per heavy atom. The normalized spacial score (nSPS) is 11.8. The molecule has 0 aromatic heterocycles. The maximum atomic E-state index is 5.80. The molecule has 0 heterocycles. The third kappa shape index (κ3) is 12.2. The Morgan fingerprint density at radius 3 is 2.08 bits per heavy atom. The van der Waals surface area contributed by atoms with Crippen LogP contribution in [0.2, 0.25) is 0 Å². The topological polar surface area (TPSA) is 38.0 Å². The van der Waals surface area contributed by atoms with Crippen LogP contribution in [-0.4, -0.2) is 12.6 Å². The molecule has 0 aliphatic carbocycles. The van der Waals surface area contributed by atoms with Crippen LogP contribution >= 0.6 is 0 Å². The molecule has 3 N–H and O–H groups in total. The fraction of sp³-hybridized carbons (Fsp3) is 0.800. The van der Waals surface area contributed by atoms with Crippen molar-refractivity contribution >= 4 is 0 Å². The second-order valence-electron chi connectivity index (χ2n) is 3.44. The molecular weight excluding hydrogens is 148 g/mol. The highest BCUT2D eigenvalue weighted by molar-refractivity contribution is 5.01. The lowest BCUT2D eigenvalue weighted by Crippen LogP contribution is -2.32. The Balaban J connectivity index is 0. The molecule has 0 saturated carbocycles. The van der Waals surface area contributed by atoms with Gasteiger partial charge in [0.1, 0.15) is 0 Å². The van der Waals surface area contributed by atoms with Crippen LogP contribution in [0.15, 0.2) is 11.8 Å². The van der Waals surface area contributed by atoms with E-state index in [1.807, 2.05) is 40.9 Å². The zero-order valence-corrected chi connectivity index (χ0v) is 9.36. The van der Waals surface area contributed by atoms with Crippen molar-refractivity contribution in [2.24, 2.45) is 5.73 Å². The van der Waals surface area contributed by atoms with Gasteiger partial charge in [-0.05, 0) is 33.4 Å². The zero-order chi connectivity index (χ0) is 10.2. The van der Waals surface area contributed by atoms with Crippen LogP contribution in [0.25, 0.3) is 0 Å². The molecule has 0 radical (unpaired) electrons. The van der Waals surface area contributed by atoms with Crippen molar-refractivity contribution in [3.8, 4) is 0 Å². The van der Waals surface area contributed by atoms with Gasteiger partial charge in [0, 0.05) is 12.6 Å². The summed E-state index contributed by atoms with van der Waals surface area (Å²) < 4.78 is 0. The van der Waals surface area contributed by atoms with Crippen molar-refractivity contribution in [3.05, 3.63) is 11.8 Å². The van der Waals surface area contributed by atoms with E-state index in [1.54, 1.807) is 0 Å². The molecule has 0 unspecified atom stereocenters. The van der Waals surface area contributed by atoms with Gasteiger partial charge < -0.3 is 11.1 Å². The van der Waals surface area contributed by atoms with Crippen molar-refractivity contribution in [1.82, 2.24) is 5.32 Å². The van der Waals surface area contributed by atoms with E-state index in [-0.39, 0.29) is 5.54 Å². The lowest BCUT2D eigenvalue weighted by Gasteiger charge is -2.18. The van der Waals surface area contributed by atoms with Crippen LogP contribution in [0.5, 0.6) is 0 Å². The van der Waals surface area contributed by atoms with Crippen LogP contribution in [0.4, 0.5) is 0 Å². The van der Waals surface area contributed by atoms with E-state index in [0.29, 0.717) is 0 Å². The molecule has 74 valence electrons. The molecule has 2 heteroatoms. The minimum absolute atomic E-state index is 0.0859. The quantitative estimate of drug-likeness (QED) is 0.685. The zero-order valence-electron chi connectivity index (χ0n) is 9.36. The van der Waals surface area contributed by atoms with Gasteiger partial charge in [-0.1, -0.05) is 19.4 Å². The fourth-order valence-electron chi connectivity index (χ4n) is 1.02. The smallest absolute Gasteiger partial charge is 0.0135 e. The Morgan fingerprint density at radius 1 is 1.42 bits per heavy atom. The summed E-state index contributed by atoms with van der Waals surface area (Å²) in [5, 5.41) is 2.97. The summed E-state index contributed by atoms with van der Waals surface area (Å²) in [4.78, 5) is 0. The average Bonchev–Trinajstić information content (AvgIpc) is 1.88. The van der Waals surface area contributed by atoms with E-state index >= 15 is 0 Å². The van der Waals surface area contributed by atoms with Gasteiger partial charge >= 0.3 is 0 Å². The van der Waals surface area contributed by atoms with Gasteiger partial charge in [0.2, 0.25) is 0 Å². The number of nitrogens with two attached hydrogens (primary N) is 1. The minimum atomic E-state index is -0.0859. The van der Waals surface area contributed by atoms with E-state index in [1.165, 1.54) is 5.57 Å². The molecule has 0 saturated heterocycles. The SMILES string of the molecule is CC.CN/C=C(/C)CC(C)(C)N. The molecule has 2 nitrogen and oxygen atoms in total. The molecule has 0 amide bonds. The number of nitrogens with one attached hydrogen (secondary N) is 1. The van der Waals surface area contributed by atoms with Gasteiger partial charge in [0.25, 0.3) is 0 Å². The van der Waals surface area contributed by atoms with E-state index in [2.05, 4.69) is 12.2 Å². The molecule has 0 bridgehead atoms. The monoisotopic (exact) mass is 172 g/mol. The first kappa shape index (κ1) is 14.0. The fourth-order valence-corrected chi connectivity index (χ4v) is 1.02. The van der Waals surface area contributed by atoms with Crippen molar-refractivity contribution in [2.75, 3.05) is 7.05 Å². The second kappa shape index (κ2) is 7.17. The first-order chi connectivity index (χ1) is 5.45. The highest BCUT2D eigenvalue weighted by atomic mass is 14.8. The second-order valence-corrected chi connectivity index (χ2v) is 3.44. The highest BCUT2D eigenvalue weighted by Gasteiger charge is 2.10. The summed E-state index contributed by atoms with van der Waals surface area (Å²) in [6, 6.07) is 0. The summed E-state index contributed by atoms with van der Waals surface area (Å²) in [5.41, 5.74) is 7.00. The molecule has 0 aliphatic heterocycles. The van der Waals surface area contributed by atoms with Crippen LogP contribution < -0.4 is 11.1 Å². The van der Waals surface area contributed by atoms with Crippen LogP contribution in [0.1, 0.15) is 41.0 Å². The Bertz CT molecular complexity index is 120. The van der Waals surface area contributed by atoms with Crippen molar-refractivity contribution in [1.29, 1.82) is 0 Å². The van der Waals surface area contributed by atoms with Crippen molar-refractivity contribution in [3.63, 3.8) is 0 Å². The Kier molecular flexibility index (Phi) is 8.39. The number of hydrogen-bond donors (Lipinski definition) is 2. The predicted octanol–water partition coefficient (Wildman–Crippen LogP) is 2.26. The summed E-state index contributed by atoms with van der Waals surface area (Å²) in [6.45, 7) is 10.1. The molecule has 0 aliphatic rings. The third-order valence-electron chi connectivity index (χ3n) is 1.13. The third-order valence-corrected chi connectivity index (χ3v) is 1.13. The van der Waals surface area contributed by atoms with Gasteiger partial charge in [-0.3, -0.25) is 0 Å². The molecule has 0 fully saturated rings. The molecule has 0 aromatic carbocycles. The van der Waals surface area contributed by atoms with Crippen LogP contribution in [-0.2, 0) is 0 Å². The van der Waals surface area contributed by atoms with Gasteiger partial charge in [-0.15, -0.1) is 0 Å². The van der Waals surface area contributed by atoms with Gasteiger partial charge in [0.15, 0.2) is 0 Å². The number of rotatable bonds is 3. The standard InChI is InChI=1S/C8H18N2.C2H6/c1-7(6-10-4)5-8(2,3)9;1-2/h6,10H,5,9H2,1-4H3;1-2H3/b7-6-;. The van der Waals surface area contributed by atoms with Crippen molar-refractivity contribution in [2.45, 2.75) is 46.6 Å². The van der Waals surface area contributed by atoms with E-state index in [0.717, 1.165) is 6.42 Å². The first-order valence-electron chi connectivity index (χ1n) is 4.57. The predicted molar refractivity (Wildman–Crippen MR) is 57.0 cm³/mol. The van der Waals surface area contributed by atoms with Gasteiger partial charge in [-0.25, -0.2) is 0 Å². The first-order valence-corrected chi connectivity index (χ1v) is 4.57. The average molecular weight is 172 g/mol. The maximum absolute atomic E-state index is 5.80. The molecule has 12 heavy (non-hydrogen) atoms. The van der Waals surface area contributed by atoms with Gasteiger partial charge in [-0.2, -0.15) is 0 Å². The lowest BCUT2D eigenvalue weighted by atomic mass is 9.98.